The molecule has 0 saturated carbocycles. The van der Waals surface area contributed by atoms with Crippen molar-refractivity contribution in [2.45, 2.75) is 37.6 Å². The van der Waals surface area contributed by atoms with E-state index in [1.165, 1.54) is 17.5 Å². The summed E-state index contributed by atoms with van der Waals surface area (Å²) in [5.41, 5.74) is 8.94. The third kappa shape index (κ3) is 2.90. The Hall–Kier alpha value is -0.510. The molecule has 2 rings (SSSR count). The molecule has 0 spiro atoms. The van der Waals surface area contributed by atoms with Crippen molar-refractivity contribution < 1.29 is 0 Å². The van der Waals surface area contributed by atoms with Gasteiger partial charge in [0.1, 0.15) is 0 Å². The van der Waals surface area contributed by atoms with E-state index in [0.717, 1.165) is 24.1 Å². The van der Waals surface area contributed by atoms with Gasteiger partial charge in [-0.2, -0.15) is 11.8 Å². The first-order valence-corrected chi connectivity index (χ1v) is 7.69. The Morgan fingerprint density at radius 3 is 2.56 bits per heavy atom. The van der Waals surface area contributed by atoms with Crippen LogP contribution < -0.4 is 5.73 Å². The molecule has 2 unspecified atom stereocenters. The molecule has 0 bridgehead atoms. The van der Waals surface area contributed by atoms with Crippen LogP contribution in [0, 0.1) is 6.92 Å². The molecule has 100 valence electrons. The molecular weight excluding hydrogens is 240 g/mol. The minimum atomic E-state index is 0.189. The maximum Gasteiger partial charge on any atom is 0.0432 e. The van der Waals surface area contributed by atoms with Gasteiger partial charge < -0.3 is 5.73 Å². The number of benzene rings is 1. The van der Waals surface area contributed by atoms with E-state index in [4.69, 9.17) is 5.73 Å². The summed E-state index contributed by atoms with van der Waals surface area (Å²) in [4.78, 5) is 2.45. The summed E-state index contributed by atoms with van der Waals surface area (Å²) < 4.78 is 0. The Labute approximate surface area is 115 Å². The maximum atomic E-state index is 6.05. The van der Waals surface area contributed by atoms with E-state index in [9.17, 15) is 0 Å². The van der Waals surface area contributed by atoms with Gasteiger partial charge in [0, 0.05) is 29.6 Å². The molecule has 1 fully saturated rings. The summed E-state index contributed by atoms with van der Waals surface area (Å²) in [5.74, 6) is 1.16. The summed E-state index contributed by atoms with van der Waals surface area (Å²) in [5, 5.41) is 0.731. The lowest BCUT2D eigenvalue weighted by molar-refractivity contribution is 0.139. The first-order chi connectivity index (χ1) is 8.55. The van der Waals surface area contributed by atoms with Gasteiger partial charge in [0.2, 0.25) is 0 Å². The second kappa shape index (κ2) is 5.64. The predicted octanol–water partition coefficient (Wildman–Crippen LogP) is 2.65. The second-order valence-electron chi connectivity index (χ2n) is 5.60. The standard InChI is InChI=1S/C15H24N2S/c1-12-4-6-14(7-5-12)9-17(3)15(10-16)8-13(2)18-11-15/h4-7,13H,8-11,16H2,1-3H3. The van der Waals surface area contributed by atoms with Crippen molar-refractivity contribution in [1.29, 1.82) is 0 Å². The van der Waals surface area contributed by atoms with Crippen LogP contribution >= 0.6 is 11.8 Å². The lowest BCUT2D eigenvalue weighted by Gasteiger charge is -2.37. The molecule has 1 aliphatic heterocycles. The number of rotatable bonds is 4. The van der Waals surface area contributed by atoms with Crippen LogP contribution in [0.2, 0.25) is 0 Å². The number of nitrogens with zero attached hydrogens (tertiary/aromatic N) is 1. The van der Waals surface area contributed by atoms with Crippen molar-refractivity contribution in [3.63, 3.8) is 0 Å². The van der Waals surface area contributed by atoms with Crippen molar-refractivity contribution in [2.75, 3.05) is 19.3 Å². The largest absolute Gasteiger partial charge is 0.329 e. The Balaban J connectivity index is 2.06. The van der Waals surface area contributed by atoms with E-state index in [1.54, 1.807) is 0 Å². The molecule has 1 heterocycles. The zero-order chi connectivity index (χ0) is 13.2. The van der Waals surface area contributed by atoms with Gasteiger partial charge in [-0.3, -0.25) is 4.90 Å². The molecule has 0 aromatic heterocycles. The zero-order valence-electron chi connectivity index (χ0n) is 11.6. The Morgan fingerprint density at radius 2 is 2.06 bits per heavy atom. The molecule has 2 atom stereocenters. The van der Waals surface area contributed by atoms with Gasteiger partial charge in [0.05, 0.1) is 0 Å². The average Bonchev–Trinajstić information content (AvgIpc) is 2.75. The van der Waals surface area contributed by atoms with Crippen LogP contribution in [0.1, 0.15) is 24.5 Å². The van der Waals surface area contributed by atoms with Gasteiger partial charge in [-0.1, -0.05) is 36.8 Å². The van der Waals surface area contributed by atoms with E-state index in [-0.39, 0.29) is 5.54 Å². The summed E-state index contributed by atoms with van der Waals surface area (Å²) in [6.45, 7) is 6.18. The summed E-state index contributed by atoms with van der Waals surface area (Å²) in [7, 11) is 2.21. The van der Waals surface area contributed by atoms with Gasteiger partial charge >= 0.3 is 0 Å². The van der Waals surface area contributed by atoms with Gasteiger partial charge in [-0.25, -0.2) is 0 Å². The monoisotopic (exact) mass is 264 g/mol. The number of hydrogen-bond donors (Lipinski definition) is 1. The number of likely N-dealkylation sites (N-methyl/N-ethyl adjacent to an activating group) is 1. The molecule has 0 amide bonds. The molecule has 1 aliphatic rings. The van der Waals surface area contributed by atoms with E-state index < -0.39 is 0 Å². The smallest absolute Gasteiger partial charge is 0.0432 e. The van der Waals surface area contributed by atoms with E-state index in [2.05, 4.69) is 50.1 Å². The van der Waals surface area contributed by atoms with Crippen LogP contribution in [0.5, 0.6) is 0 Å². The molecule has 1 aromatic rings. The van der Waals surface area contributed by atoms with Gasteiger partial charge in [0.25, 0.3) is 0 Å². The van der Waals surface area contributed by atoms with E-state index in [0.29, 0.717) is 0 Å². The normalized spacial score (nSPS) is 27.9. The van der Waals surface area contributed by atoms with Crippen LogP contribution in [0.25, 0.3) is 0 Å². The summed E-state index contributed by atoms with van der Waals surface area (Å²) >= 11 is 2.05. The van der Waals surface area contributed by atoms with Crippen molar-refractivity contribution in [3.8, 4) is 0 Å². The molecule has 0 aliphatic carbocycles. The van der Waals surface area contributed by atoms with Crippen molar-refractivity contribution in [2.24, 2.45) is 5.73 Å². The fraction of sp³-hybridized carbons (Fsp3) is 0.600. The summed E-state index contributed by atoms with van der Waals surface area (Å²) in [6.07, 6.45) is 1.20. The lowest BCUT2D eigenvalue weighted by Crippen LogP contribution is -2.52. The van der Waals surface area contributed by atoms with Crippen molar-refractivity contribution in [1.82, 2.24) is 4.90 Å². The SMILES string of the molecule is Cc1ccc(CN(C)C2(CN)CSC(C)C2)cc1. The third-order valence-corrected chi connectivity index (χ3v) is 5.47. The van der Waals surface area contributed by atoms with Crippen LogP contribution in [-0.4, -0.2) is 35.0 Å². The topological polar surface area (TPSA) is 29.3 Å². The van der Waals surface area contributed by atoms with Crippen molar-refractivity contribution >= 4 is 11.8 Å². The zero-order valence-corrected chi connectivity index (χ0v) is 12.5. The predicted molar refractivity (Wildman–Crippen MR) is 81.0 cm³/mol. The van der Waals surface area contributed by atoms with Crippen LogP contribution in [0.15, 0.2) is 24.3 Å². The van der Waals surface area contributed by atoms with E-state index >= 15 is 0 Å². The second-order valence-corrected chi connectivity index (χ2v) is 7.02. The number of hydrogen-bond acceptors (Lipinski definition) is 3. The molecular formula is C15H24N2S. The van der Waals surface area contributed by atoms with Gasteiger partial charge in [-0.05, 0) is 26.0 Å². The summed E-state index contributed by atoms with van der Waals surface area (Å²) in [6, 6.07) is 8.82. The van der Waals surface area contributed by atoms with Crippen LogP contribution in [0.4, 0.5) is 0 Å². The Bertz CT molecular complexity index is 390. The van der Waals surface area contributed by atoms with Gasteiger partial charge in [0.15, 0.2) is 0 Å². The molecule has 2 nitrogen and oxygen atoms in total. The van der Waals surface area contributed by atoms with Crippen molar-refractivity contribution in [3.05, 3.63) is 35.4 Å². The van der Waals surface area contributed by atoms with Crippen LogP contribution in [0.3, 0.4) is 0 Å². The highest BCUT2D eigenvalue weighted by atomic mass is 32.2. The first-order valence-electron chi connectivity index (χ1n) is 6.64. The first kappa shape index (κ1) is 13.9. The molecule has 2 N–H and O–H groups in total. The Kier molecular flexibility index (Phi) is 4.36. The number of nitrogens with two attached hydrogens (primary N) is 1. The van der Waals surface area contributed by atoms with Crippen LogP contribution in [-0.2, 0) is 6.54 Å². The lowest BCUT2D eigenvalue weighted by atomic mass is 9.94. The highest BCUT2D eigenvalue weighted by Gasteiger charge is 2.40. The Morgan fingerprint density at radius 1 is 1.39 bits per heavy atom. The molecule has 0 radical (unpaired) electrons. The molecule has 3 heteroatoms. The number of thioether (sulfide) groups is 1. The fourth-order valence-corrected chi connectivity index (χ4v) is 4.13. The highest BCUT2D eigenvalue weighted by molar-refractivity contribution is 8.00. The van der Waals surface area contributed by atoms with Gasteiger partial charge in [-0.15, -0.1) is 0 Å². The minimum Gasteiger partial charge on any atom is -0.329 e. The quantitative estimate of drug-likeness (QED) is 0.906. The highest BCUT2D eigenvalue weighted by Crippen LogP contribution is 2.37. The molecule has 1 aromatic carbocycles. The minimum absolute atomic E-state index is 0.189. The third-order valence-electron chi connectivity index (χ3n) is 4.03. The van der Waals surface area contributed by atoms with E-state index in [1.807, 2.05) is 11.8 Å². The molecule has 18 heavy (non-hydrogen) atoms. The average molecular weight is 264 g/mol. The molecule has 1 saturated heterocycles. The maximum absolute atomic E-state index is 6.05. The fourth-order valence-electron chi connectivity index (χ4n) is 2.65. The number of aryl methyl sites for hydroxylation is 1.